The Bertz CT molecular complexity index is 919. The summed E-state index contributed by atoms with van der Waals surface area (Å²) in [5, 5.41) is 5.78. The number of benzene rings is 2. The molecule has 130 valence electrons. The number of nitrogens with zero attached hydrogens (tertiary/aromatic N) is 2. The number of thiazole rings is 1. The highest BCUT2D eigenvalue weighted by Crippen LogP contribution is 2.24. The average molecular weight is 363 g/mol. The predicted octanol–water partition coefficient (Wildman–Crippen LogP) is 4.19. The minimum atomic E-state index is -0.175. The molecule has 26 heavy (non-hydrogen) atoms. The van der Waals surface area contributed by atoms with E-state index in [4.69, 9.17) is 0 Å². The first-order valence-corrected chi connectivity index (χ1v) is 9.30. The summed E-state index contributed by atoms with van der Waals surface area (Å²) in [6.07, 6.45) is 3.26. The molecular weight excluding hydrogens is 346 g/mol. The maximum atomic E-state index is 12.4. The molecule has 1 aliphatic heterocycles. The van der Waals surface area contributed by atoms with Gasteiger partial charge in [0, 0.05) is 47.0 Å². The molecule has 1 saturated heterocycles. The van der Waals surface area contributed by atoms with E-state index in [1.807, 2.05) is 41.8 Å². The number of hydrogen-bond acceptors (Lipinski definition) is 4. The lowest BCUT2D eigenvalue weighted by atomic mass is 10.1. The Hall–Kier alpha value is -2.99. The van der Waals surface area contributed by atoms with E-state index in [9.17, 15) is 9.59 Å². The van der Waals surface area contributed by atoms with Gasteiger partial charge in [-0.3, -0.25) is 9.59 Å². The van der Waals surface area contributed by atoms with Crippen LogP contribution < -0.4 is 10.2 Å². The molecule has 1 fully saturated rings. The minimum Gasteiger partial charge on any atom is -0.322 e. The van der Waals surface area contributed by atoms with E-state index in [1.54, 1.807) is 34.6 Å². The Labute approximate surface area is 155 Å². The third-order valence-electron chi connectivity index (χ3n) is 4.34. The molecule has 1 aliphatic rings. The third-order valence-corrected chi connectivity index (χ3v) is 5.16. The minimum absolute atomic E-state index is 0.141. The molecule has 0 saturated carbocycles. The van der Waals surface area contributed by atoms with Crippen molar-refractivity contribution in [3.05, 3.63) is 65.7 Å². The number of carbonyl (C=O) groups is 2. The van der Waals surface area contributed by atoms with Gasteiger partial charge in [-0.2, -0.15) is 0 Å². The number of carbonyl (C=O) groups excluding carboxylic acids is 2. The lowest BCUT2D eigenvalue weighted by molar-refractivity contribution is -0.117. The number of aromatic nitrogens is 1. The molecule has 1 aromatic heterocycles. The monoisotopic (exact) mass is 363 g/mol. The number of hydrogen-bond donors (Lipinski definition) is 1. The third kappa shape index (κ3) is 3.36. The van der Waals surface area contributed by atoms with Gasteiger partial charge in [0.15, 0.2) is 0 Å². The molecule has 5 nitrogen and oxygen atoms in total. The molecule has 6 heteroatoms. The SMILES string of the molecule is O=C(Nc1ccc(-c2nccs2)cc1)c1ccc(N2CCCC2=O)cc1. The van der Waals surface area contributed by atoms with Gasteiger partial charge in [0.05, 0.1) is 0 Å². The largest absolute Gasteiger partial charge is 0.322 e. The second-order valence-corrected chi connectivity index (χ2v) is 6.96. The highest BCUT2D eigenvalue weighted by Gasteiger charge is 2.21. The molecule has 0 bridgehead atoms. The molecule has 0 spiro atoms. The van der Waals surface area contributed by atoms with Crippen LogP contribution in [0.25, 0.3) is 10.6 Å². The van der Waals surface area contributed by atoms with Crippen LogP contribution in [0, 0.1) is 0 Å². The van der Waals surface area contributed by atoms with Gasteiger partial charge in [0.2, 0.25) is 5.91 Å². The quantitative estimate of drug-likeness (QED) is 0.756. The van der Waals surface area contributed by atoms with Gasteiger partial charge < -0.3 is 10.2 Å². The Morgan fingerprint density at radius 3 is 2.46 bits per heavy atom. The number of anilines is 2. The van der Waals surface area contributed by atoms with Crippen LogP contribution in [0.4, 0.5) is 11.4 Å². The zero-order valence-corrected chi connectivity index (χ0v) is 14.8. The van der Waals surface area contributed by atoms with Crippen LogP contribution in [0.5, 0.6) is 0 Å². The zero-order chi connectivity index (χ0) is 17.9. The summed E-state index contributed by atoms with van der Waals surface area (Å²) < 4.78 is 0. The van der Waals surface area contributed by atoms with Gasteiger partial charge in [-0.25, -0.2) is 4.98 Å². The van der Waals surface area contributed by atoms with Crippen LogP contribution in [-0.2, 0) is 4.79 Å². The van der Waals surface area contributed by atoms with Crippen molar-refractivity contribution in [2.75, 3.05) is 16.8 Å². The highest BCUT2D eigenvalue weighted by molar-refractivity contribution is 7.13. The van der Waals surface area contributed by atoms with Crippen molar-refractivity contribution in [1.29, 1.82) is 0 Å². The highest BCUT2D eigenvalue weighted by atomic mass is 32.1. The maximum absolute atomic E-state index is 12.4. The van der Waals surface area contributed by atoms with Gasteiger partial charge in [0.25, 0.3) is 5.91 Å². The van der Waals surface area contributed by atoms with E-state index in [-0.39, 0.29) is 11.8 Å². The lowest BCUT2D eigenvalue weighted by Crippen LogP contribution is -2.23. The van der Waals surface area contributed by atoms with Gasteiger partial charge in [-0.1, -0.05) is 0 Å². The van der Waals surface area contributed by atoms with Crippen molar-refractivity contribution >= 4 is 34.5 Å². The molecule has 0 radical (unpaired) electrons. The van der Waals surface area contributed by atoms with E-state index in [0.717, 1.165) is 34.9 Å². The van der Waals surface area contributed by atoms with Gasteiger partial charge in [-0.15, -0.1) is 11.3 Å². The number of nitrogens with one attached hydrogen (secondary N) is 1. The van der Waals surface area contributed by atoms with Crippen molar-refractivity contribution in [3.63, 3.8) is 0 Å². The molecule has 3 aromatic rings. The summed E-state index contributed by atoms with van der Waals surface area (Å²) in [6.45, 7) is 0.746. The molecule has 0 atom stereocenters. The lowest BCUT2D eigenvalue weighted by Gasteiger charge is -2.15. The van der Waals surface area contributed by atoms with Crippen LogP contribution in [0.15, 0.2) is 60.1 Å². The first kappa shape index (κ1) is 16.5. The summed E-state index contributed by atoms with van der Waals surface area (Å²) in [7, 11) is 0. The molecule has 1 N–H and O–H groups in total. The fraction of sp³-hybridized carbons (Fsp3) is 0.150. The topological polar surface area (TPSA) is 62.3 Å². The van der Waals surface area contributed by atoms with E-state index in [0.29, 0.717) is 12.0 Å². The predicted molar refractivity (Wildman–Crippen MR) is 104 cm³/mol. The molecular formula is C20H17N3O2S. The van der Waals surface area contributed by atoms with Crippen LogP contribution in [0.1, 0.15) is 23.2 Å². The normalized spacial score (nSPS) is 13.8. The van der Waals surface area contributed by atoms with E-state index >= 15 is 0 Å². The van der Waals surface area contributed by atoms with Crippen LogP contribution in [0.3, 0.4) is 0 Å². The maximum Gasteiger partial charge on any atom is 0.255 e. The zero-order valence-electron chi connectivity index (χ0n) is 14.0. The summed E-state index contributed by atoms with van der Waals surface area (Å²) in [6, 6.07) is 14.8. The fourth-order valence-corrected chi connectivity index (χ4v) is 3.62. The summed E-state index contributed by atoms with van der Waals surface area (Å²) in [4.78, 5) is 30.2. The molecule has 0 unspecified atom stereocenters. The van der Waals surface area contributed by atoms with E-state index in [2.05, 4.69) is 10.3 Å². The van der Waals surface area contributed by atoms with Crippen LogP contribution >= 0.6 is 11.3 Å². The Kier molecular flexibility index (Phi) is 4.50. The second-order valence-electron chi connectivity index (χ2n) is 6.06. The fourth-order valence-electron chi connectivity index (χ4n) is 2.98. The smallest absolute Gasteiger partial charge is 0.255 e. The van der Waals surface area contributed by atoms with Gasteiger partial charge in [-0.05, 0) is 55.0 Å². The Balaban J connectivity index is 1.43. The van der Waals surface area contributed by atoms with Crippen molar-refractivity contribution in [2.24, 2.45) is 0 Å². The van der Waals surface area contributed by atoms with Crippen molar-refractivity contribution < 1.29 is 9.59 Å². The van der Waals surface area contributed by atoms with Gasteiger partial charge >= 0.3 is 0 Å². The van der Waals surface area contributed by atoms with Crippen LogP contribution in [0.2, 0.25) is 0 Å². The molecule has 4 rings (SSSR count). The van der Waals surface area contributed by atoms with Crippen molar-refractivity contribution in [3.8, 4) is 10.6 Å². The molecule has 2 heterocycles. The summed E-state index contributed by atoms with van der Waals surface area (Å²) >= 11 is 1.58. The van der Waals surface area contributed by atoms with Crippen molar-refractivity contribution in [2.45, 2.75) is 12.8 Å². The standard InChI is InChI=1S/C20H17N3O2S/c24-18-2-1-12-23(18)17-9-5-14(6-10-17)19(25)22-16-7-3-15(4-8-16)20-21-11-13-26-20/h3-11,13H,1-2,12H2,(H,22,25). The average Bonchev–Trinajstić information content (AvgIpc) is 3.34. The van der Waals surface area contributed by atoms with Gasteiger partial charge in [0.1, 0.15) is 5.01 Å². The molecule has 0 aliphatic carbocycles. The molecule has 2 amide bonds. The first-order valence-electron chi connectivity index (χ1n) is 8.42. The van der Waals surface area contributed by atoms with E-state index in [1.165, 1.54) is 0 Å². The number of rotatable bonds is 4. The Morgan fingerprint density at radius 1 is 1.08 bits per heavy atom. The number of amides is 2. The van der Waals surface area contributed by atoms with E-state index < -0.39 is 0 Å². The first-order chi connectivity index (χ1) is 12.7. The second kappa shape index (κ2) is 7.09. The molecule has 2 aromatic carbocycles. The summed E-state index contributed by atoms with van der Waals surface area (Å²) in [5.41, 5.74) is 3.16. The van der Waals surface area contributed by atoms with Crippen LogP contribution in [-0.4, -0.2) is 23.3 Å². The van der Waals surface area contributed by atoms with Crippen molar-refractivity contribution in [1.82, 2.24) is 4.98 Å². The summed E-state index contributed by atoms with van der Waals surface area (Å²) in [5.74, 6) is -0.0335. The Morgan fingerprint density at radius 2 is 1.85 bits per heavy atom.